The van der Waals surface area contributed by atoms with E-state index in [1.807, 2.05) is 12.1 Å². The molecule has 0 unspecified atom stereocenters. The van der Waals surface area contributed by atoms with Crippen molar-refractivity contribution >= 4 is 35.0 Å². The third kappa shape index (κ3) is 4.28. The van der Waals surface area contributed by atoms with Crippen molar-refractivity contribution in [1.29, 1.82) is 5.26 Å². The Morgan fingerprint density at radius 2 is 2.15 bits per heavy atom. The SMILES string of the molecule is N#CCCN(C(=O)CSc1nnc(C2CC2)n1C1CC1)c1cccc(Cl)c1. The van der Waals surface area contributed by atoms with E-state index < -0.39 is 0 Å². The van der Waals surface area contributed by atoms with Crippen molar-refractivity contribution in [1.82, 2.24) is 14.8 Å². The molecule has 6 nitrogen and oxygen atoms in total. The fourth-order valence-corrected chi connectivity index (χ4v) is 4.16. The standard InChI is InChI=1S/C19H20ClN5OS/c20-14-3-1-4-16(11-14)24(10-2-9-21)17(26)12-27-19-23-22-18(13-5-6-13)25(19)15-7-8-15/h1,3-4,11,13,15H,2,5-8,10,12H2. The van der Waals surface area contributed by atoms with Gasteiger partial charge in [-0.25, -0.2) is 0 Å². The molecule has 1 aromatic carbocycles. The smallest absolute Gasteiger partial charge is 0.237 e. The van der Waals surface area contributed by atoms with Gasteiger partial charge in [-0.05, 0) is 43.9 Å². The molecule has 140 valence electrons. The molecular formula is C19H20ClN5OS. The number of rotatable bonds is 8. The van der Waals surface area contributed by atoms with E-state index >= 15 is 0 Å². The van der Waals surface area contributed by atoms with Crippen molar-refractivity contribution in [2.75, 3.05) is 17.2 Å². The fraction of sp³-hybridized carbons (Fsp3) is 0.474. The number of carbonyl (C=O) groups is 1. The van der Waals surface area contributed by atoms with E-state index in [-0.39, 0.29) is 18.1 Å². The summed E-state index contributed by atoms with van der Waals surface area (Å²) in [4.78, 5) is 14.5. The lowest BCUT2D eigenvalue weighted by atomic mass is 10.2. The summed E-state index contributed by atoms with van der Waals surface area (Å²) in [5.41, 5.74) is 0.714. The summed E-state index contributed by atoms with van der Waals surface area (Å²) in [5, 5.41) is 19.1. The number of benzene rings is 1. The van der Waals surface area contributed by atoms with Crippen LogP contribution in [0.4, 0.5) is 5.69 Å². The minimum absolute atomic E-state index is 0.0594. The maximum Gasteiger partial charge on any atom is 0.237 e. The van der Waals surface area contributed by atoms with Gasteiger partial charge in [-0.2, -0.15) is 5.26 Å². The van der Waals surface area contributed by atoms with Gasteiger partial charge in [0, 0.05) is 29.2 Å². The highest BCUT2D eigenvalue weighted by atomic mass is 35.5. The Balaban J connectivity index is 1.48. The Labute approximate surface area is 167 Å². The number of aromatic nitrogens is 3. The number of hydrogen-bond acceptors (Lipinski definition) is 5. The predicted molar refractivity (Wildman–Crippen MR) is 105 cm³/mol. The molecule has 0 N–H and O–H groups in total. The number of thioether (sulfide) groups is 1. The molecule has 1 amide bonds. The van der Waals surface area contributed by atoms with Crippen molar-refractivity contribution in [3.8, 4) is 6.07 Å². The number of nitriles is 1. The molecule has 2 fully saturated rings. The number of anilines is 1. The third-order valence-electron chi connectivity index (χ3n) is 4.74. The summed E-state index contributed by atoms with van der Waals surface area (Å²) in [7, 11) is 0. The van der Waals surface area contributed by atoms with Crippen LogP contribution in [0.15, 0.2) is 29.4 Å². The van der Waals surface area contributed by atoms with E-state index in [0.717, 1.165) is 23.8 Å². The van der Waals surface area contributed by atoms with Crippen molar-refractivity contribution in [2.45, 2.75) is 49.2 Å². The van der Waals surface area contributed by atoms with Crippen LogP contribution in [-0.4, -0.2) is 33.0 Å². The van der Waals surface area contributed by atoms with Crippen LogP contribution in [0.5, 0.6) is 0 Å². The Morgan fingerprint density at radius 3 is 2.81 bits per heavy atom. The fourth-order valence-electron chi connectivity index (χ4n) is 3.09. The molecule has 2 aromatic rings. The lowest BCUT2D eigenvalue weighted by molar-refractivity contribution is -0.116. The number of halogens is 1. The Hall–Kier alpha value is -2.04. The van der Waals surface area contributed by atoms with Crippen molar-refractivity contribution < 1.29 is 4.79 Å². The molecule has 0 saturated heterocycles. The molecule has 0 aliphatic heterocycles. The summed E-state index contributed by atoms with van der Waals surface area (Å²) in [6, 6.07) is 9.77. The molecule has 2 aliphatic carbocycles. The molecule has 27 heavy (non-hydrogen) atoms. The largest absolute Gasteiger partial charge is 0.311 e. The van der Waals surface area contributed by atoms with Gasteiger partial charge >= 0.3 is 0 Å². The monoisotopic (exact) mass is 401 g/mol. The molecule has 0 spiro atoms. The summed E-state index contributed by atoms with van der Waals surface area (Å²) in [5.74, 6) is 1.83. The van der Waals surface area contributed by atoms with Gasteiger partial charge in [0.05, 0.1) is 18.2 Å². The lowest BCUT2D eigenvalue weighted by Gasteiger charge is -2.22. The minimum Gasteiger partial charge on any atom is -0.311 e. The molecule has 0 atom stereocenters. The lowest BCUT2D eigenvalue weighted by Crippen LogP contribution is -2.33. The van der Waals surface area contributed by atoms with Crippen LogP contribution in [0.1, 0.15) is 49.9 Å². The topological polar surface area (TPSA) is 74.8 Å². The molecule has 4 rings (SSSR count). The molecule has 1 heterocycles. The van der Waals surface area contributed by atoms with Gasteiger partial charge in [-0.3, -0.25) is 4.79 Å². The second-order valence-corrected chi connectivity index (χ2v) is 8.32. The van der Waals surface area contributed by atoms with Crippen LogP contribution in [0.2, 0.25) is 5.02 Å². The zero-order valence-corrected chi connectivity index (χ0v) is 16.4. The maximum absolute atomic E-state index is 12.9. The van der Waals surface area contributed by atoms with Gasteiger partial charge in [0.15, 0.2) is 5.16 Å². The number of carbonyl (C=O) groups excluding carboxylic acids is 1. The highest BCUT2D eigenvalue weighted by molar-refractivity contribution is 7.99. The van der Waals surface area contributed by atoms with Crippen molar-refractivity contribution in [3.63, 3.8) is 0 Å². The van der Waals surface area contributed by atoms with E-state index in [2.05, 4.69) is 20.8 Å². The van der Waals surface area contributed by atoms with Crippen molar-refractivity contribution in [3.05, 3.63) is 35.1 Å². The number of amides is 1. The molecular weight excluding hydrogens is 382 g/mol. The first-order valence-electron chi connectivity index (χ1n) is 9.18. The number of hydrogen-bond donors (Lipinski definition) is 0. The maximum atomic E-state index is 12.9. The highest BCUT2D eigenvalue weighted by Crippen LogP contribution is 2.46. The Bertz CT molecular complexity index is 884. The molecule has 2 aliphatic rings. The number of nitrogens with zero attached hydrogens (tertiary/aromatic N) is 5. The first-order valence-corrected chi connectivity index (χ1v) is 10.5. The average molecular weight is 402 g/mol. The normalized spacial score (nSPS) is 16.1. The summed E-state index contributed by atoms with van der Waals surface area (Å²) in [6.45, 7) is 0.346. The molecule has 0 radical (unpaired) electrons. The predicted octanol–water partition coefficient (Wildman–Crippen LogP) is 4.18. The van der Waals surface area contributed by atoms with Gasteiger partial charge in [-0.15, -0.1) is 10.2 Å². The van der Waals surface area contributed by atoms with Gasteiger partial charge < -0.3 is 9.47 Å². The average Bonchev–Trinajstić information content (AvgIpc) is 3.59. The second kappa shape index (κ2) is 7.91. The Morgan fingerprint density at radius 1 is 1.33 bits per heavy atom. The van der Waals surface area contributed by atoms with E-state index in [0.29, 0.717) is 29.2 Å². The van der Waals surface area contributed by atoms with Crippen LogP contribution < -0.4 is 4.90 Å². The second-order valence-electron chi connectivity index (χ2n) is 6.94. The van der Waals surface area contributed by atoms with Crippen LogP contribution in [0.25, 0.3) is 0 Å². The van der Waals surface area contributed by atoms with E-state index in [9.17, 15) is 4.79 Å². The van der Waals surface area contributed by atoms with Crippen LogP contribution in [-0.2, 0) is 4.79 Å². The first-order chi connectivity index (χ1) is 13.2. The van der Waals surface area contributed by atoms with Gasteiger partial charge in [0.2, 0.25) is 5.91 Å². The Kier molecular flexibility index (Phi) is 5.37. The molecule has 0 bridgehead atoms. The van der Waals surface area contributed by atoms with E-state index in [1.54, 1.807) is 17.0 Å². The summed E-state index contributed by atoms with van der Waals surface area (Å²) >= 11 is 7.50. The van der Waals surface area contributed by atoms with Gasteiger partial charge in [-0.1, -0.05) is 29.4 Å². The van der Waals surface area contributed by atoms with E-state index in [1.165, 1.54) is 24.6 Å². The first kappa shape index (κ1) is 18.3. The quantitative estimate of drug-likeness (QED) is 0.620. The minimum atomic E-state index is -0.0594. The van der Waals surface area contributed by atoms with Crippen LogP contribution >= 0.6 is 23.4 Å². The highest BCUT2D eigenvalue weighted by Gasteiger charge is 2.36. The zero-order valence-electron chi connectivity index (χ0n) is 14.8. The zero-order chi connectivity index (χ0) is 18.8. The van der Waals surface area contributed by atoms with Crippen molar-refractivity contribution in [2.24, 2.45) is 0 Å². The summed E-state index contributed by atoms with van der Waals surface area (Å²) in [6.07, 6.45) is 4.97. The van der Waals surface area contributed by atoms with Crippen LogP contribution in [0, 0.1) is 11.3 Å². The van der Waals surface area contributed by atoms with E-state index in [4.69, 9.17) is 16.9 Å². The molecule has 1 aromatic heterocycles. The van der Waals surface area contributed by atoms with Gasteiger partial charge in [0.1, 0.15) is 5.82 Å². The summed E-state index contributed by atoms with van der Waals surface area (Å²) < 4.78 is 2.24. The molecule has 2 saturated carbocycles. The van der Waals surface area contributed by atoms with Gasteiger partial charge in [0.25, 0.3) is 0 Å². The van der Waals surface area contributed by atoms with Crippen LogP contribution in [0.3, 0.4) is 0 Å². The molecule has 8 heteroatoms. The third-order valence-corrected chi connectivity index (χ3v) is 5.90.